The summed E-state index contributed by atoms with van der Waals surface area (Å²) in [5, 5.41) is 9.04. The van der Waals surface area contributed by atoms with E-state index in [4.69, 9.17) is 14.7 Å². The van der Waals surface area contributed by atoms with Crippen LogP contribution in [0.2, 0.25) is 0 Å². The number of ether oxygens (including phenoxy) is 2. The van der Waals surface area contributed by atoms with Gasteiger partial charge in [0.1, 0.15) is 24.0 Å². The SMILES string of the molecule is CC(C)(C)OC(=O)N1CCN(CCOc2ccccc2C#N)CC1. The summed E-state index contributed by atoms with van der Waals surface area (Å²) in [4.78, 5) is 16.0. The number of hydrogen-bond donors (Lipinski definition) is 0. The lowest BCUT2D eigenvalue weighted by molar-refractivity contribution is 0.0137. The molecule has 1 saturated heterocycles. The van der Waals surface area contributed by atoms with Gasteiger partial charge >= 0.3 is 6.09 Å². The molecule has 1 fully saturated rings. The predicted octanol–water partition coefficient (Wildman–Crippen LogP) is 2.49. The predicted molar refractivity (Wildman–Crippen MR) is 90.9 cm³/mol. The summed E-state index contributed by atoms with van der Waals surface area (Å²) in [6.45, 7) is 9.80. The molecule has 0 aromatic heterocycles. The summed E-state index contributed by atoms with van der Waals surface area (Å²) in [6.07, 6.45) is -0.249. The topological polar surface area (TPSA) is 65.8 Å². The summed E-state index contributed by atoms with van der Waals surface area (Å²) in [7, 11) is 0. The summed E-state index contributed by atoms with van der Waals surface area (Å²) >= 11 is 0. The van der Waals surface area contributed by atoms with Gasteiger partial charge in [0.15, 0.2) is 0 Å². The van der Waals surface area contributed by atoms with Crippen molar-refractivity contribution < 1.29 is 14.3 Å². The van der Waals surface area contributed by atoms with Gasteiger partial charge in [0.25, 0.3) is 0 Å². The molecule has 1 heterocycles. The molecule has 1 aromatic rings. The van der Waals surface area contributed by atoms with Crippen molar-refractivity contribution in [1.82, 2.24) is 9.80 Å². The second-order valence-electron chi connectivity index (χ2n) is 6.77. The molecule has 0 atom stereocenters. The van der Waals surface area contributed by atoms with Gasteiger partial charge in [-0.25, -0.2) is 4.79 Å². The average molecular weight is 331 g/mol. The molecule has 1 aliphatic heterocycles. The molecule has 1 amide bonds. The number of piperazine rings is 1. The third-order valence-electron chi connectivity index (χ3n) is 3.70. The number of para-hydroxylation sites is 1. The maximum atomic E-state index is 12.0. The van der Waals surface area contributed by atoms with Crippen LogP contribution in [-0.4, -0.2) is 60.8 Å². The van der Waals surface area contributed by atoms with Crippen molar-refractivity contribution in [2.45, 2.75) is 26.4 Å². The number of hydrogen-bond acceptors (Lipinski definition) is 5. The minimum absolute atomic E-state index is 0.249. The Hall–Kier alpha value is -2.26. The van der Waals surface area contributed by atoms with E-state index >= 15 is 0 Å². The normalized spacial score (nSPS) is 15.7. The number of benzene rings is 1. The Bertz CT molecular complexity index is 596. The van der Waals surface area contributed by atoms with E-state index in [1.807, 2.05) is 32.9 Å². The van der Waals surface area contributed by atoms with Crippen LogP contribution in [-0.2, 0) is 4.74 Å². The Morgan fingerprint density at radius 3 is 2.50 bits per heavy atom. The fourth-order valence-electron chi connectivity index (χ4n) is 2.45. The van der Waals surface area contributed by atoms with Crippen molar-refractivity contribution in [2.24, 2.45) is 0 Å². The molecule has 1 aromatic carbocycles. The van der Waals surface area contributed by atoms with E-state index in [0.29, 0.717) is 31.0 Å². The fraction of sp³-hybridized carbons (Fsp3) is 0.556. The zero-order valence-corrected chi connectivity index (χ0v) is 14.6. The minimum atomic E-state index is -0.462. The first kappa shape index (κ1) is 18.1. The van der Waals surface area contributed by atoms with E-state index < -0.39 is 5.60 Å². The van der Waals surface area contributed by atoms with Crippen LogP contribution in [0.25, 0.3) is 0 Å². The smallest absolute Gasteiger partial charge is 0.410 e. The highest BCUT2D eigenvalue weighted by Crippen LogP contribution is 2.16. The van der Waals surface area contributed by atoms with E-state index in [9.17, 15) is 4.79 Å². The zero-order valence-electron chi connectivity index (χ0n) is 14.6. The molecule has 2 rings (SSSR count). The highest BCUT2D eigenvalue weighted by molar-refractivity contribution is 5.68. The van der Waals surface area contributed by atoms with Crippen LogP contribution in [0.3, 0.4) is 0 Å². The maximum absolute atomic E-state index is 12.0. The van der Waals surface area contributed by atoms with Gasteiger partial charge < -0.3 is 14.4 Å². The van der Waals surface area contributed by atoms with Crippen molar-refractivity contribution >= 4 is 6.09 Å². The molecule has 0 radical (unpaired) electrons. The molecular formula is C18H25N3O3. The van der Waals surface area contributed by atoms with Crippen molar-refractivity contribution in [3.8, 4) is 11.8 Å². The van der Waals surface area contributed by atoms with E-state index in [2.05, 4.69) is 11.0 Å². The molecular weight excluding hydrogens is 306 g/mol. The number of carbonyl (C=O) groups excluding carboxylic acids is 1. The van der Waals surface area contributed by atoms with Crippen LogP contribution >= 0.6 is 0 Å². The quantitative estimate of drug-likeness (QED) is 0.848. The molecule has 130 valence electrons. The number of carbonyl (C=O) groups is 1. The first-order chi connectivity index (χ1) is 11.4. The van der Waals surface area contributed by atoms with Gasteiger partial charge in [-0.15, -0.1) is 0 Å². The van der Waals surface area contributed by atoms with E-state index in [-0.39, 0.29) is 6.09 Å². The molecule has 0 N–H and O–H groups in total. The molecule has 6 nitrogen and oxygen atoms in total. The molecule has 6 heteroatoms. The Labute approximate surface area is 143 Å². The van der Waals surface area contributed by atoms with Gasteiger partial charge in [0.05, 0.1) is 5.56 Å². The van der Waals surface area contributed by atoms with Gasteiger partial charge in [-0.1, -0.05) is 12.1 Å². The van der Waals surface area contributed by atoms with Crippen LogP contribution in [0, 0.1) is 11.3 Å². The average Bonchev–Trinajstić information content (AvgIpc) is 2.54. The maximum Gasteiger partial charge on any atom is 0.410 e. The van der Waals surface area contributed by atoms with Gasteiger partial charge in [-0.3, -0.25) is 4.90 Å². The Kier molecular flexibility index (Phi) is 6.04. The van der Waals surface area contributed by atoms with Gasteiger partial charge in [0, 0.05) is 32.7 Å². The lowest BCUT2D eigenvalue weighted by Crippen LogP contribution is -2.50. The van der Waals surface area contributed by atoms with Gasteiger partial charge in [-0.2, -0.15) is 5.26 Å². The number of nitrogens with zero attached hydrogens (tertiary/aromatic N) is 3. The fourth-order valence-corrected chi connectivity index (χ4v) is 2.45. The van der Waals surface area contributed by atoms with Gasteiger partial charge in [-0.05, 0) is 32.9 Å². The second kappa shape index (κ2) is 8.02. The summed E-state index contributed by atoms with van der Waals surface area (Å²) < 4.78 is 11.1. The standard InChI is InChI=1S/C18H25N3O3/c1-18(2,3)24-17(22)21-10-8-20(9-11-21)12-13-23-16-7-5-4-6-15(16)14-19/h4-7H,8-13H2,1-3H3. The second-order valence-corrected chi connectivity index (χ2v) is 6.77. The largest absolute Gasteiger partial charge is 0.491 e. The van der Waals surface area contributed by atoms with Crippen LogP contribution in [0.1, 0.15) is 26.3 Å². The molecule has 0 saturated carbocycles. The number of amides is 1. The van der Waals surface area contributed by atoms with Crippen molar-refractivity contribution in [1.29, 1.82) is 5.26 Å². The Morgan fingerprint density at radius 1 is 1.21 bits per heavy atom. The van der Waals surface area contributed by atoms with Crippen LogP contribution < -0.4 is 4.74 Å². The minimum Gasteiger partial charge on any atom is -0.491 e. The van der Waals surface area contributed by atoms with E-state index in [0.717, 1.165) is 19.6 Å². The van der Waals surface area contributed by atoms with Crippen molar-refractivity contribution in [3.05, 3.63) is 29.8 Å². The molecule has 0 aliphatic carbocycles. The van der Waals surface area contributed by atoms with Gasteiger partial charge in [0.2, 0.25) is 0 Å². The van der Waals surface area contributed by atoms with Crippen LogP contribution in [0.5, 0.6) is 5.75 Å². The lowest BCUT2D eigenvalue weighted by atomic mass is 10.2. The molecule has 0 spiro atoms. The van der Waals surface area contributed by atoms with Crippen LogP contribution in [0.15, 0.2) is 24.3 Å². The van der Waals surface area contributed by atoms with Crippen molar-refractivity contribution in [3.63, 3.8) is 0 Å². The van der Waals surface area contributed by atoms with E-state index in [1.165, 1.54) is 0 Å². The zero-order chi connectivity index (χ0) is 17.6. The Morgan fingerprint density at radius 2 is 1.88 bits per heavy atom. The first-order valence-corrected chi connectivity index (χ1v) is 8.21. The molecule has 24 heavy (non-hydrogen) atoms. The summed E-state index contributed by atoms with van der Waals surface area (Å²) in [5.74, 6) is 0.618. The molecule has 1 aliphatic rings. The highest BCUT2D eigenvalue weighted by atomic mass is 16.6. The number of nitriles is 1. The molecule has 0 unspecified atom stereocenters. The third kappa shape index (κ3) is 5.43. The third-order valence-corrected chi connectivity index (χ3v) is 3.70. The van der Waals surface area contributed by atoms with Crippen molar-refractivity contribution in [2.75, 3.05) is 39.3 Å². The molecule has 0 bridgehead atoms. The summed E-state index contributed by atoms with van der Waals surface area (Å²) in [5.41, 5.74) is 0.0863. The first-order valence-electron chi connectivity index (χ1n) is 8.21. The van der Waals surface area contributed by atoms with E-state index in [1.54, 1.807) is 17.0 Å². The summed E-state index contributed by atoms with van der Waals surface area (Å²) in [6, 6.07) is 9.35. The van der Waals surface area contributed by atoms with Crippen LogP contribution in [0.4, 0.5) is 4.79 Å². The lowest BCUT2D eigenvalue weighted by Gasteiger charge is -2.35. The monoisotopic (exact) mass is 331 g/mol. The highest BCUT2D eigenvalue weighted by Gasteiger charge is 2.25. The number of rotatable bonds is 4. The Balaban J connectivity index is 1.72.